The third kappa shape index (κ3) is 2.82. The molecule has 0 saturated heterocycles. The van der Waals surface area contributed by atoms with Gasteiger partial charge in [-0.15, -0.1) is 0 Å². The molecule has 2 N–H and O–H groups in total. The number of imidazole rings is 1. The average molecular weight is 332 g/mol. The monoisotopic (exact) mass is 331 g/mol. The van der Waals surface area contributed by atoms with Gasteiger partial charge in [0, 0.05) is 18.6 Å². The van der Waals surface area contributed by atoms with Crippen molar-refractivity contribution >= 4 is 28.7 Å². The van der Waals surface area contributed by atoms with Gasteiger partial charge < -0.3 is 15.0 Å². The summed E-state index contributed by atoms with van der Waals surface area (Å²) < 4.78 is 1.82. The van der Waals surface area contributed by atoms with Crippen LogP contribution in [-0.4, -0.2) is 31.2 Å². The number of nitrogens with one attached hydrogen (secondary N) is 1. The maximum absolute atomic E-state index is 10.3. The van der Waals surface area contributed by atoms with E-state index >= 15 is 0 Å². The summed E-state index contributed by atoms with van der Waals surface area (Å²) in [4.78, 5) is 13.5. The number of benzene rings is 1. The quantitative estimate of drug-likeness (QED) is 0.765. The van der Waals surface area contributed by atoms with Gasteiger partial charge >= 0.3 is 0 Å². The molecule has 0 fully saturated rings. The summed E-state index contributed by atoms with van der Waals surface area (Å²) in [6.45, 7) is 4.80. The van der Waals surface area contributed by atoms with E-state index in [1.165, 1.54) is 6.07 Å². The first-order chi connectivity index (χ1) is 11.0. The molecule has 0 aliphatic rings. The molecule has 0 spiro atoms. The number of aromatic nitrogens is 4. The number of halogens is 1. The molecule has 0 aliphatic carbocycles. The van der Waals surface area contributed by atoms with Crippen LogP contribution in [0.15, 0.2) is 18.3 Å². The molecule has 2 heterocycles. The Labute approximate surface area is 139 Å². The maximum Gasteiger partial charge on any atom is 0.199 e. The molecule has 0 radical (unpaired) electrons. The Bertz CT molecular complexity index is 851. The fourth-order valence-electron chi connectivity index (χ4n) is 2.54. The van der Waals surface area contributed by atoms with E-state index in [2.05, 4.69) is 27.2 Å². The van der Waals surface area contributed by atoms with E-state index in [0.29, 0.717) is 33.5 Å². The van der Waals surface area contributed by atoms with Gasteiger partial charge in [-0.1, -0.05) is 18.5 Å². The summed E-state index contributed by atoms with van der Waals surface area (Å²) in [6, 6.07) is 3.31. The van der Waals surface area contributed by atoms with Crippen molar-refractivity contribution in [2.24, 2.45) is 7.05 Å². The Balaban J connectivity index is 2.14. The minimum atomic E-state index is 0.0951. The summed E-state index contributed by atoms with van der Waals surface area (Å²) in [7, 11) is 1.85. The zero-order valence-electron chi connectivity index (χ0n) is 13.3. The van der Waals surface area contributed by atoms with Crippen LogP contribution in [0.3, 0.4) is 0 Å². The number of phenolic OH excluding ortho intramolecular Hbond substituents is 1. The van der Waals surface area contributed by atoms with Crippen molar-refractivity contribution in [1.82, 2.24) is 19.5 Å². The SMILES string of the molecule is CCCNc1cnc2c(n1)nc(-c1c(C)cc(Cl)cc1O)n2C. The van der Waals surface area contributed by atoms with Gasteiger partial charge in [0.25, 0.3) is 0 Å². The Hall–Kier alpha value is -2.34. The Kier molecular flexibility index (Phi) is 4.09. The zero-order chi connectivity index (χ0) is 16.6. The van der Waals surface area contributed by atoms with Crippen molar-refractivity contribution in [2.75, 3.05) is 11.9 Å². The number of phenols is 1. The number of anilines is 1. The standard InChI is InChI=1S/C16H18ClN5O/c1-4-5-18-12-8-19-16-14(20-12)21-15(22(16)3)13-9(2)6-10(17)7-11(13)23/h6-8,23H,4-5H2,1-3H3,(H,18,20). The molecule has 0 bridgehead atoms. The molecule has 0 saturated carbocycles. The highest BCUT2D eigenvalue weighted by Gasteiger charge is 2.18. The maximum atomic E-state index is 10.3. The summed E-state index contributed by atoms with van der Waals surface area (Å²) in [5.74, 6) is 1.40. The smallest absolute Gasteiger partial charge is 0.199 e. The van der Waals surface area contributed by atoms with Crippen LogP contribution >= 0.6 is 11.6 Å². The van der Waals surface area contributed by atoms with Gasteiger partial charge in [0.05, 0.1) is 11.8 Å². The van der Waals surface area contributed by atoms with Crippen LogP contribution in [0.25, 0.3) is 22.7 Å². The molecule has 3 rings (SSSR count). The summed E-state index contributed by atoms with van der Waals surface area (Å²) >= 11 is 5.98. The molecule has 0 atom stereocenters. The Morgan fingerprint density at radius 3 is 2.78 bits per heavy atom. The number of nitrogens with zero attached hydrogens (tertiary/aromatic N) is 4. The molecule has 0 aliphatic heterocycles. The van der Waals surface area contributed by atoms with Crippen LogP contribution < -0.4 is 5.32 Å². The molecule has 3 aromatic rings. The second-order valence-electron chi connectivity index (χ2n) is 5.44. The van der Waals surface area contributed by atoms with Gasteiger partial charge in [-0.3, -0.25) is 0 Å². The zero-order valence-corrected chi connectivity index (χ0v) is 14.0. The number of fused-ring (bicyclic) bond motifs is 1. The summed E-state index contributed by atoms with van der Waals surface area (Å²) in [6.07, 6.45) is 2.70. The molecule has 0 unspecified atom stereocenters. The van der Waals surface area contributed by atoms with Crippen LogP contribution in [0.2, 0.25) is 5.02 Å². The predicted octanol–water partition coefficient (Wildman–Crippen LogP) is 3.52. The van der Waals surface area contributed by atoms with Crippen LogP contribution in [0.5, 0.6) is 5.75 Å². The highest BCUT2D eigenvalue weighted by atomic mass is 35.5. The van der Waals surface area contributed by atoms with Crippen molar-refractivity contribution in [3.63, 3.8) is 0 Å². The van der Waals surface area contributed by atoms with Crippen molar-refractivity contribution in [2.45, 2.75) is 20.3 Å². The summed E-state index contributed by atoms with van der Waals surface area (Å²) in [5, 5.41) is 13.9. The van der Waals surface area contributed by atoms with E-state index in [9.17, 15) is 5.11 Å². The lowest BCUT2D eigenvalue weighted by molar-refractivity contribution is 0.476. The van der Waals surface area contributed by atoms with Crippen LogP contribution in [0.1, 0.15) is 18.9 Å². The predicted molar refractivity (Wildman–Crippen MR) is 91.9 cm³/mol. The van der Waals surface area contributed by atoms with Crippen molar-refractivity contribution in [3.05, 3.63) is 28.9 Å². The lowest BCUT2D eigenvalue weighted by atomic mass is 10.1. The fraction of sp³-hybridized carbons (Fsp3) is 0.312. The molecule has 23 heavy (non-hydrogen) atoms. The van der Waals surface area contributed by atoms with E-state index < -0.39 is 0 Å². The molecule has 6 nitrogen and oxygen atoms in total. The molecule has 120 valence electrons. The molecular formula is C16H18ClN5O. The Morgan fingerprint density at radius 2 is 2.09 bits per heavy atom. The summed E-state index contributed by atoms with van der Waals surface area (Å²) in [5.41, 5.74) is 2.69. The second kappa shape index (κ2) is 6.04. The number of rotatable bonds is 4. The second-order valence-corrected chi connectivity index (χ2v) is 5.88. The van der Waals surface area contributed by atoms with Crippen molar-refractivity contribution < 1.29 is 5.11 Å². The van der Waals surface area contributed by atoms with E-state index in [4.69, 9.17) is 11.6 Å². The molecule has 1 aromatic carbocycles. The first kappa shape index (κ1) is 15.6. The van der Waals surface area contributed by atoms with Crippen molar-refractivity contribution in [3.8, 4) is 17.1 Å². The Morgan fingerprint density at radius 1 is 1.30 bits per heavy atom. The van der Waals surface area contributed by atoms with Gasteiger partial charge in [0.2, 0.25) is 0 Å². The molecule has 7 heteroatoms. The van der Waals surface area contributed by atoms with Gasteiger partial charge in [0.15, 0.2) is 11.3 Å². The van der Waals surface area contributed by atoms with Gasteiger partial charge in [0.1, 0.15) is 17.4 Å². The number of aryl methyl sites for hydroxylation is 2. The van der Waals surface area contributed by atoms with E-state index in [0.717, 1.165) is 18.5 Å². The first-order valence-corrected chi connectivity index (χ1v) is 7.82. The fourth-order valence-corrected chi connectivity index (χ4v) is 2.81. The van der Waals surface area contributed by atoms with E-state index in [1.54, 1.807) is 12.3 Å². The van der Waals surface area contributed by atoms with Crippen LogP contribution in [-0.2, 0) is 7.05 Å². The number of hydrogen-bond acceptors (Lipinski definition) is 5. The third-order valence-corrected chi connectivity index (χ3v) is 3.86. The molecule has 2 aromatic heterocycles. The normalized spacial score (nSPS) is 11.1. The highest BCUT2D eigenvalue weighted by molar-refractivity contribution is 6.31. The number of hydrogen-bond donors (Lipinski definition) is 2. The topological polar surface area (TPSA) is 75.9 Å². The van der Waals surface area contributed by atoms with E-state index in [-0.39, 0.29) is 5.75 Å². The van der Waals surface area contributed by atoms with Gasteiger partial charge in [-0.25, -0.2) is 15.0 Å². The average Bonchev–Trinajstić information content (AvgIpc) is 2.81. The van der Waals surface area contributed by atoms with Crippen LogP contribution in [0, 0.1) is 6.92 Å². The van der Waals surface area contributed by atoms with E-state index in [1.807, 2.05) is 18.5 Å². The van der Waals surface area contributed by atoms with Gasteiger partial charge in [-0.05, 0) is 31.0 Å². The first-order valence-electron chi connectivity index (χ1n) is 7.44. The molecular weight excluding hydrogens is 314 g/mol. The number of aromatic hydroxyl groups is 1. The van der Waals surface area contributed by atoms with Crippen LogP contribution in [0.4, 0.5) is 5.82 Å². The lowest BCUT2D eigenvalue weighted by Gasteiger charge is -2.08. The lowest BCUT2D eigenvalue weighted by Crippen LogP contribution is -2.02. The largest absolute Gasteiger partial charge is 0.507 e. The highest BCUT2D eigenvalue weighted by Crippen LogP contribution is 2.35. The van der Waals surface area contributed by atoms with Crippen molar-refractivity contribution in [1.29, 1.82) is 0 Å². The molecule has 0 amide bonds. The van der Waals surface area contributed by atoms with Gasteiger partial charge in [-0.2, -0.15) is 0 Å². The minimum absolute atomic E-state index is 0.0951. The minimum Gasteiger partial charge on any atom is -0.507 e. The third-order valence-electron chi connectivity index (χ3n) is 3.64.